The second-order valence-electron chi connectivity index (χ2n) is 3.49. The number of aryl methyl sites for hydroxylation is 1. The fourth-order valence-electron chi connectivity index (χ4n) is 1.40. The van der Waals surface area contributed by atoms with Crippen molar-refractivity contribution >= 4 is 33.2 Å². The van der Waals surface area contributed by atoms with Gasteiger partial charge in [-0.3, -0.25) is 0 Å². The van der Waals surface area contributed by atoms with Crippen LogP contribution in [0.15, 0.2) is 39.2 Å². The maximum absolute atomic E-state index is 6.08. The summed E-state index contributed by atoms with van der Waals surface area (Å²) in [5.41, 5.74) is 0.902. The molecule has 4 heteroatoms. The summed E-state index contributed by atoms with van der Waals surface area (Å²) in [4.78, 5) is 0. The lowest BCUT2D eigenvalue weighted by Gasteiger charge is -2.06. The topological polar surface area (TPSA) is 25.2 Å². The number of benzene rings is 1. The van der Waals surface area contributed by atoms with Crippen LogP contribution in [0, 0.1) is 6.92 Å². The number of hydrogen-bond acceptors (Lipinski definition) is 2. The first-order valence-corrected chi connectivity index (χ1v) is 6.06. The molecule has 0 atom stereocenters. The second-order valence-corrected chi connectivity index (χ2v) is 4.81. The van der Waals surface area contributed by atoms with E-state index in [4.69, 9.17) is 16.0 Å². The smallest absolute Gasteiger partial charge is 0.123 e. The highest BCUT2D eigenvalue weighted by molar-refractivity contribution is 9.10. The first-order valence-electron chi connectivity index (χ1n) is 4.89. The van der Waals surface area contributed by atoms with Crippen LogP contribution >= 0.6 is 27.5 Å². The molecule has 2 rings (SSSR count). The van der Waals surface area contributed by atoms with Gasteiger partial charge in [0, 0.05) is 4.47 Å². The van der Waals surface area contributed by atoms with Gasteiger partial charge in [0.15, 0.2) is 0 Å². The predicted octanol–water partition coefficient (Wildman–Crippen LogP) is 4.62. The summed E-state index contributed by atoms with van der Waals surface area (Å²) in [7, 11) is 0. The molecule has 84 valence electrons. The van der Waals surface area contributed by atoms with Gasteiger partial charge in [0.25, 0.3) is 0 Å². The molecule has 2 aromatic rings. The molecule has 0 aliphatic heterocycles. The van der Waals surface area contributed by atoms with Crippen molar-refractivity contribution in [2.45, 2.75) is 13.5 Å². The van der Waals surface area contributed by atoms with Crippen molar-refractivity contribution in [3.05, 3.63) is 51.3 Å². The van der Waals surface area contributed by atoms with Gasteiger partial charge in [-0.2, -0.15) is 0 Å². The molecule has 0 aliphatic rings. The Morgan fingerprint density at radius 1 is 1.31 bits per heavy atom. The Balaban J connectivity index is 2.04. The summed E-state index contributed by atoms with van der Waals surface area (Å²) in [5, 5.41) is 3.92. The van der Waals surface area contributed by atoms with Gasteiger partial charge < -0.3 is 9.73 Å². The largest absolute Gasteiger partial charge is 0.465 e. The van der Waals surface area contributed by atoms with Crippen molar-refractivity contribution in [3.63, 3.8) is 0 Å². The molecule has 1 aromatic heterocycles. The zero-order valence-electron chi connectivity index (χ0n) is 8.76. The Hall–Kier alpha value is -0.930. The lowest BCUT2D eigenvalue weighted by atomic mass is 10.3. The zero-order valence-corrected chi connectivity index (χ0v) is 11.1. The number of furan rings is 1. The molecule has 1 heterocycles. The molecule has 2 nitrogen and oxygen atoms in total. The van der Waals surface area contributed by atoms with Crippen molar-refractivity contribution in [1.82, 2.24) is 0 Å². The van der Waals surface area contributed by atoms with E-state index in [1.165, 1.54) is 0 Å². The van der Waals surface area contributed by atoms with Gasteiger partial charge >= 0.3 is 0 Å². The lowest BCUT2D eigenvalue weighted by Crippen LogP contribution is -1.98. The van der Waals surface area contributed by atoms with E-state index in [2.05, 4.69) is 21.2 Å². The van der Waals surface area contributed by atoms with Crippen LogP contribution in [0.5, 0.6) is 0 Å². The monoisotopic (exact) mass is 299 g/mol. The average Bonchev–Trinajstić information content (AvgIpc) is 2.63. The number of halogens is 2. The summed E-state index contributed by atoms with van der Waals surface area (Å²) in [6.07, 6.45) is 0. The van der Waals surface area contributed by atoms with E-state index >= 15 is 0 Å². The molecule has 0 saturated heterocycles. The van der Waals surface area contributed by atoms with E-state index in [1.54, 1.807) is 0 Å². The van der Waals surface area contributed by atoms with Crippen molar-refractivity contribution in [2.75, 3.05) is 5.32 Å². The van der Waals surface area contributed by atoms with Crippen molar-refractivity contribution in [2.24, 2.45) is 0 Å². The van der Waals surface area contributed by atoms with Crippen LogP contribution in [0.25, 0.3) is 0 Å². The predicted molar refractivity (Wildman–Crippen MR) is 69.9 cm³/mol. The minimum Gasteiger partial charge on any atom is -0.465 e. The standard InChI is InChI=1S/C12H11BrClNO/c1-8-2-4-10(16-8)7-15-12-5-3-9(13)6-11(12)14/h2-6,15H,7H2,1H3. The molecule has 0 spiro atoms. The van der Waals surface area contributed by atoms with Gasteiger partial charge in [0.1, 0.15) is 11.5 Å². The van der Waals surface area contributed by atoms with Crippen LogP contribution < -0.4 is 5.32 Å². The number of hydrogen-bond donors (Lipinski definition) is 1. The number of nitrogens with one attached hydrogen (secondary N) is 1. The van der Waals surface area contributed by atoms with Crippen LogP contribution in [0.3, 0.4) is 0 Å². The first kappa shape index (κ1) is 11.6. The Bertz CT molecular complexity index is 496. The van der Waals surface area contributed by atoms with E-state index < -0.39 is 0 Å². The van der Waals surface area contributed by atoms with Crippen LogP contribution in [0.4, 0.5) is 5.69 Å². The minimum absolute atomic E-state index is 0.634. The summed E-state index contributed by atoms with van der Waals surface area (Å²) in [6, 6.07) is 9.64. The normalized spacial score (nSPS) is 10.4. The zero-order chi connectivity index (χ0) is 11.5. The van der Waals surface area contributed by atoms with Gasteiger partial charge in [-0.1, -0.05) is 27.5 Å². The molecule has 0 unspecified atom stereocenters. The Kier molecular flexibility index (Phi) is 3.56. The summed E-state index contributed by atoms with van der Waals surface area (Å²) >= 11 is 9.44. The lowest BCUT2D eigenvalue weighted by molar-refractivity contribution is 0.490. The Morgan fingerprint density at radius 3 is 2.75 bits per heavy atom. The van der Waals surface area contributed by atoms with E-state index in [1.807, 2.05) is 37.3 Å². The summed E-state index contributed by atoms with van der Waals surface area (Å²) < 4.78 is 6.42. The third-order valence-corrected chi connectivity index (χ3v) is 2.99. The van der Waals surface area contributed by atoms with Gasteiger partial charge in [-0.15, -0.1) is 0 Å². The van der Waals surface area contributed by atoms with Crippen molar-refractivity contribution in [3.8, 4) is 0 Å². The molecule has 1 aromatic carbocycles. The molecular formula is C12H11BrClNO. The van der Waals surface area contributed by atoms with Gasteiger partial charge in [0.05, 0.1) is 17.3 Å². The molecule has 1 N–H and O–H groups in total. The quantitative estimate of drug-likeness (QED) is 0.895. The fourth-order valence-corrected chi connectivity index (χ4v) is 2.14. The second kappa shape index (κ2) is 4.93. The van der Waals surface area contributed by atoms with Crippen LogP contribution in [-0.4, -0.2) is 0 Å². The highest BCUT2D eigenvalue weighted by Gasteiger charge is 2.02. The van der Waals surface area contributed by atoms with E-state index in [9.17, 15) is 0 Å². The van der Waals surface area contributed by atoms with Crippen LogP contribution in [-0.2, 0) is 6.54 Å². The van der Waals surface area contributed by atoms with Crippen LogP contribution in [0.2, 0.25) is 5.02 Å². The molecule has 0 bridgehead atoms. The number of rotatable bonds is 3. The van der Waals surface area contributed by atoms with Crippen molar-refractivity contribution in [1.29, 1.82) is 0 Å². The van der Waals surface area contributed by atoms with Gasteiger partial charge in [-0.05, 0) is 37.3 Å². The highest BCUT2D eigenvalue weighted by Crippen LogP contribution is 2.26. The molecule has 16 heavy (non-hydrogen) atoms. The minimum atomic E-state index is 0.634. The molecule has 0 saturated carbocycles. The van der Waals surface area contributed by atoms with Crippen LogP contribution in [0.1, 0.15) is 11.5 Å². The summed E-state index contributed by atoms with van der Waals surface area (Å²) in [6.45, 7) is 2.56. The third kappa shape index (κ3) is 2.80. The maximum Gasteiger partial charge on any atom is 0.123 e. The maximum atomic E-state index is 6.08. The Morgan fingerprint density at radius 2 is 2.12 bits per heavy atom. The summed E-state index contributed by atoms with van der Waals surface area (Å²) in [5.74, 6) is 1.81. The molecule has 0 fully saturated rings. The fraction of sp³-hybridized carbons (Fsp3) is 0.167. The third-order valence-electron chi connectivity index (χ3n) is 2.18. The molecule has 0 radical (unpaired) electrons. The van der Waals surface area contributed by atoms with Gasteiger partial charge in [-0.25, -0.2) is 0 Å². The average molecular weight is 301 g/mol. The van der Waals surface area contributed by atoms with Crippen molar-refractivity contribution < 1.29 is 4.42 Å². The van der Waals surface area contributed by atoms with E-state index in [-0.39, 0.29) is 0 Å². The van der Waals surface area contributed by atoms with E-state index in [0.29, 0.717) is 11.6 Å². The van der Waals surface area contributed by atoms with E-state index in [0.717, 1.165) is 21.7 Å². The highest BCUT2D eigenvalue weighted by atomic mass is 79.9. The molecular weight excluding hydrogens is 289 g/mol. The Labute approximate surface area is 108 Å². The molecule has 0 aliphatic carbocycles. The molecule has 0 amide bonds. The van der Waals surface area contributed by atoms with Gasteiger partial charge in [0.2, 0.25) is 0 Å². The number of anilines is 1. The SMILES string of the molecule is Cc1ccc(CNc2ccc(Br)cc2Cl)o1. The first-order chi connectivity index (χ1) is 7.65.